The number of halogens is 2. The third-order valence-corrected chi connectivity index (χ3v) is 5.55. The van der Waals surface area contributed by atoms with Crippen molar-refractivity contribution >= 4 is 32.6 Å². The van der Waals surface area contributed by atoms with Gasteiger partial charge in [0.25, 0.3) is 12.3 Å². The Kier molecular flexibility index (Phi) is 4.68. The smallest absolute Gasteiger partial charge is 0.265 e. The zero-order valence-electron chi connectivity index (χ0n) is 15.2. The van der Waals surface area contributed by atoms with Gasteiger partial charge >= 0.3 is 0 Å². The number of carbonyl (C=O) groups excluding carboxylic acids is 1. The van der Waals surface area contributed by atoms with Crippen LogP contribution in [0, 0.1) is 13.8 Å². The van der Waals surface area contributed by atoms with E-state index in [2.05, 4.69) is 10.3 Å². The molecule has 0 aliphatic carbocycles. The van der Waals surface area contributed by atoms with Crippen molar-refractivity contribution in [3.05, 3.63) is 77.1 Å². The predicted molar refractivity (Wildman–Crippen MR) is 108 cm³/mol. The van der Waals surface area contributed by atoms with Crippen LogP contribution in [0.4, 0.5) is 13.9 Å². The van der Waals surface area contributed by atoms with E-state index >= 15 is 0 Å². The molecule has 4 rings (SSSR count). The third kappa shape index (κ3) is 3.18. The van der Waals surface area contributed by atoms with Crippen LogP contribution in [0.1, 0.15) is 33.7 Å². The molecule has 0 spiro atoms. The van der Waals surface area contributed by atoms with Crippen molar-refractivity contribution in [1.82, 2.24) is 9.55 Å². The van der Waals surface area contributed by atoms with Crippen molar-refractivity contribution in [3.63, 3.8) is 0 Å². The molecule has 0 saturated heterocycles. The van der Waals surface area contributed by atoms with Crippen molar-refractivity contribution in [1.29, 1.82) is 0 Å². The number of hydrogen-bond donors (Lipinski definition) is 1. The first kappa shape index (κ1) is 18.3. The van der Waals surface area contributed by atoms with Gasteiger partial charge in [-0.05, 0) is 38.1 Å². The summed E-state index contributed by atoms with van der Waals surface area (Å²) in [4.78, 5) is 17.2. The van der Waals surface area contributed by atoms with Crippen LogP contribution >= 0.6 is 11.3 Å². The number of amides is 1. The lowest BCUT2D eigenvalue weighted by molar-refractivity contribution is 0.102. The molecule has 28 heavy (non-hydrogen) atoms. The van der Waals surface area contributed by atoms with E-state index in [0.29, 0.717) is 27.8 Å². The molecule has 142 valence electrons. The molecule has 0 saturated carbocycles. The summed E-state index contributed by atoms with van der Waals surface area (Å²) in [5, 5.41) is 3.33. The number of nitrogens with one attached hydrogen (secondary N) is 1. The van der Waals surface area contributed by atoms with Crippen LogP contribution in [0.3, 0.4) is 0 Å². The molecule has 7 heteroatoms. The second kappa shape index (κ2) is 7.16. The van der Waals surface area contributed by atoms with E-state index in [-0.39, 0.29) is 11.5 Å². The minimum atomic E-state index is -2.60. The number of nitrogens with zero attached hydrogens (tertiary/aromatic N) is 2. The van der Waals surface area contributed by atoms with Crippen LogP contribution in [-0.2, 0) is 0 Å². The summed E-state index contributed by atoms with van der Waals surface area (Å²) in [6.45, 7) is 3.55. The highest BCUT2D eigenvalue weighted by Gasteiger charge is 2.21. The van der Waals surface area contributed by atoms with E-state index in [1.807, 2.05) is 24.3 Å². The van der Waals surface area contributed by atoms with E-state index in [4.69, 9.17) is 0 Å². The van der Waals surface area contributed by atoms with Gasteiger partial charge in [-0.15, -0.1) is 0 Å². The number of aromatic nitrogens is 2. The highest BCUT2D eigenvalue weighted by atomic mass is 32.1. The Morgan fingerprint density at radius 3 is 2.57 bits per heavy atom. The van der Waals surface area contributed by atoms with Gasteiger partial charge in [0.1, 0.15) is 0 Å². The number of anilines is 1. The van der Waals surface area contributed by atoms with Gasteiger partial charge in [-0.25, -0.2) is 13.8 Å². The molecular weight excluding hydrogens is 380 g/mol. The average Bonchev–Trinajstić information content (AvgIpc) is 3.21. The summed E-state index contributed by atoms with van der Waals surface area (Å²) in [6, 6.07) is 15.7. The highest BCUT2D eigenvalue weighted by Crippen LogP contribution is 2.30. The van der Waals surface area contributed by atoms with Gasteiger partial charge in [0.2, 0.25) is 0 Å². The Hall–Kier alpha value is -3.06. The van der Waals surface area contributed by atoms with Crippen molar-refractivity contribution in [2.75, 3.05) is 5.32 Å². The first-order chi connectivity index (χ1) is 13.5. The van der Waals surface area contributed by atoms with Crippen molar-refractivity contribution in [2.45, 2.75) is 20.3 Å². The fourth-order valence-corrected chi connectivity index (χ4v) is 4.19. The maximum Gasteiger partial charge on any atom is 0.265 e. The number of fused-ring (bicyclic) bond motifs is 1. The summed E-state index contributed by atoms with van der Waals surface area (Å²) in [5.41, 5.74) is 2.87. The zero-order chi connectivity index (χ0) is 19.8. The van der Waals surface area contributed by atoms with Gasteiger partial charge in [-0.1, -0.05) is 41.7 Å². The summed E-state index contributed by atoms with van der Waals surface area (Å²) >= 11 is 1.39. The Morgan fingerprint density at radius 1 is 1.11 bits per heavy atom. The Labute approximate surface area is 164 Å². The van der Waals surface area contributed by atoms with Gasteiger partial charge in [-0.3, -0.25) is 10.1 Å². The van der Waals surface area contributed by atoms with Crippen LogP contribution in [0.15, 0.2) is 54.6 Å². The van der Waals surface area contributed by atoms with E-state index < -0.39 is 6.43 Å². The zero-order valence-corrected chi connectivity index (χ0v) is 16.1. The van der Waals surface area contributed by atoms with Crippen LogP contribution in [0.2, 0.25) is 0 Å². The molecule has 4 nitrogen and oxygen atoms in total. The van der Waals surface area contributed by atoms with Crippen LogP contribution in [0.25, 0.3) is 15.9 Å². The molecule has 0 bridgehead atoms. The predicted octanol–water partition coefficient (Wildman–Crippen LogP) is 5.89. The van der Waals surface area contributed by atoms with E-state index in [1.165, 1.54) is 17.4 Å². The molecule has 2 aromatic heterocycles. The average molecular weight is 397 g/mol. The minimum absolute atomic E-state index is 0.0672. The number of hydrogen-bond acceptors (Lipinski definition) is 3. The lowest BCUT2D eigenvalue weighted by Crippen LogP contribution is -2.13. The minimum Gasteiger partial charge on any atom is -0.317 e. The SMILES string of the molecule is Cc1cc(C(=O)Nc2nc3ccccc3s2)c(C)n1-c1ccccc1C(F)F. The maximum absolute atomic E-state index is 13.4. The molecule has 0 aliphatic rings. The number of para-hydroxylation sites is 2. The number of thiazole rings is 1. The van der Waals surface area contributed by atoms with Gasteiger partial charge in [0, 0.05) is 17.0 Å². The molecule has 0 radical (unpaired) electrons. The maximum atomic E-state index is 13.4. The number of rotatable bonds is 4. The largest absolute Gasteiger partial charge is 0.317 e. The highest BCUT2D eigenvalue weighted by molar-refractivity contribution is 7.22. The van der Waals surface area contributed by atoms with Crippen molar-refractivity contribution in [2.24, 2.45) is 0 Å². The van der Waals surface area contributed by atoms with Crippen LogP contribution in [0.5, 0.6) is 0 Å². The molecule has 0 aliphatic heterocycles. The fraction of sp³-hybridized carbons (Fsp3) is 0.143. The van der Waals surface area contributed by atoms with Crippen molar-refractivity contribution in [3.8, 4) is 5.69 Å². The molecule has 4 aromatic rings. The number of benzene rings is 2. The summed E-state index contributed by atoms with van der Waals surface area (Å²) in [7, 11) is 0. The monoisotopic (exact) mass is 397 g/mol. The second-order valence-electron chi connectivity index (χ2n) is 6.42. The fourth-order valence-electron chi connectivity index (χ4n) is 3.33. The lowest BCUT2D eigenvalue weighted by atomic mass is 10.1. The topological polar surface area (TPSA) is 46.9 Å². The number of aryl methyl sites for hydroxylation is 1. The van der Waals surface area contributed by atoms with E-state index in [1.54, 1.807) is 42.7 Å². The van der Waals surface area contributed by atoms with Gasteiger partial charge in [0.05, 0.1) is 21.5 Å². The summed E-state index contributed by atoms with van der Waals surface area (Å²) < 4.78 is 29.5. The Balaban J connectivity index is 1.70. The Morgan fingerprint density at radius 2 is 1.82 bits per heavy atom. The molecule has 1 amide bonds. The summed E-state index contributed by atoms with van der Waals surface area (Å²) in [6.07, 6.45) is -2.60. The molecule has 2 aromatic carbocycles. The van der Waals surface area contributed by atoms with Gasteiger partial charge in [0.15, 0.2) is 5.13 Å². The molecular formula is C21H17F2N3OS. The van der Waals surface area contributed by atoms with Gasteiger partial charge in [-0.2, -0.15) is 0 Å². The van der Waals surface area contributed by atoms with Crippen LogP contribution in [-0.4, -0.2) is 15.5 Å². The normalized spacial score (nSPS) is 11.3. The lowest BCUT2D eigenvalue weighted by Gasteiger charge is -2.14. The molecule has 1 N–H and O–H groups in total. The molecule has 2 heterocycles. The van der Waals surface area contributed by atoms with Gasteiger partial charge < -0.3 is 4.57 Å². The quantitative estimate of drug-likeness (QED) is 0.466. The van der Waals surface area contributed by atoms with E-state index in [0.717, 1.165) is 10.2 Å². The van der Waals surface area contributed by atoms with Crippen molar-refractivity contribution < 1.29 is 13.6 Å². The standard InChI is InChI=1S/C21H17F2N3OS/c1-12-11-15(13(2)26(12)17-9-5-3-7-14(17)19(22)23)20(27)25-21-24-16-8-4-6-10-18(16)28-21/h3-11,19H,1-2H3,(H,24,25,27). The number of carbonyl (C=O) groups is 1. The third-order valence-electron chi connectivity index (χ3n) is 4.60. The number of alkyl halides is 2. The second-order valence-corrected chi connectivity index (χ2v) is 7.45. The first-order valence-electron chi connectivity index (χ1n) is 8.69. The van der Waals surface area contributed by atoms with Crippen LogP contribution < -0.4 is 5.32 Å². The summed E-state index contributed by atoms with van der Waals surface area (Å²) in [5.74, 6) is -0.312. The van der Waals surface area contributed by atoms with E-state index in [9.17, 15) is 13.6 Å². The molecule has 0 unspecified atom stereocenters. The Bertz CT molecular complexity index is 1150. The molecule has 0 fully saturated rings. The first-order valence-corrected chi connectivity index (χ1v) is 9.50. The molecule has 0 atom stereocenters.